The summed E-state index contributed by atoms with van der Waals surface area (Å²) < 4.78 is 27.3. The zero-order valence-corrected chi connectivity index (χ0v) is 14.6. The molecule has 0 aromatic heterocycles. The normalized spacial score (nSPS) is 11.7. The van der Waals surface area contributed by atoms with E-state index in [2.05, 4.69) is 26.0 Å². The fourth-order valence-electron chi connectivity index (χ4n) is 1.57. The first-order chi connectivity index (χ1) is 9.63. The summed E-state index contributed by atoms with van der Waals surface area (Å²) >= 11 is 3.21. The number of sulfonamides is 1. The van der Waals surface area contributed by atoms with Crippen molar-refractivity contribution >= 4 is 37.5 Å². The zero-order valence-electron chi connectivity index (χ0n) is 12.2. The van der Waals surface area contributed by atoms with E-state index in [0.29, 0.717) is 28.2 Å². The average molecular weight is 378 g/mol. The van der Waals surface area contributed by atoms with Gasteiger partial charge in [-0.05, 0) is 30.5 Å². The Labute approximate surface area is 133 Å². The summed E-state index contributed by atoms with van der Waals surface area (Å²) in [7, 11) is -3.79. The number of nitrogens with one attached hydrogen (secondary N) is 2. The van der Waals surface area contributed by atoms with E-state index >= 15 is 0 Å². The molecule has 0 saturated heterocycles. The number of benzene rings is 1. The van der Waals surface area contributed by atoms with Crippen LogP contribution in [-0.2, 0) is 14.8 Å². The van der Waals surface area contributed by atoms with Crippen LogP contribution >= 0.6 is 15.9 Å². The van der Waals surface area contributed by atoms with Crippen molar-refractivity contribution in [1.82, 2.24) is 10.0 Å². The molecule has 0 heterocycles. The van der Waals surface area contributed by atoms with Gasteiger partial charge >= 0.3 is 0 Å². The van der Waals surface area contributed by atoms with Crippen molar-refractivity contribution in [3.63, 3.8) is 0 Å². The molecular weight excluding hydrogens is 358 g/mol. The van der Waals surface area contributed by atoms with Crippen LogP contribution in [0.25, 0.3) is 0 Å². The maximum absolute atomic E-state index is 12.2. The van der Waals surface area contributed by atoms with Gasteiger partial charge < -0.3 is 11.1 Å². The lowest BCUT2D eigenvalue weighted by Crippen LogP contribution is -2.38. The van der Waals surface area contributed by atoms with Crippen LogP contribution in [0.2, 0.25) is 0 Å². The Morgan fingerprint density at radius 3 is 2.57 bits per heavy atom. The highest BCUT2D eigenvalue weighted by Gasteiger charge is 2.20. The van der Waals surface area contributed by atoms with Crippen LogP contribution in [0.1, 0.15) is 19.4 Å². The van der Waals surface area contributed by atoms with Gasteiger partial charge in [0.25, 0.3) is 0 Å². The Kier molecular flexibility index (Phi) is 6.18. The van der Waals surface area contributed by atoms with Crippen molar-refractivity contribution in [3.8, 4) is 0 Å². The van der Waals surface area contributed by atoms with E-state index in [4.69, 9.17) is 5.73 Å². The number of carbonyl (C=O) groups excluding carboxylic acids is 1. The zero-order chi connectivity index (χ0) is 16.2. The van der Waals surface area contributed by atoms with E-state index in [9.17, 15) is 13.2 Å². The number of halogens is 1. The second-order valence-corrected chi connectivity index (χ2v) is 7.79. The number of carbonyl (C=O) groups is 1. The lowest BCUT2D eigenvalue weighted by molar-refractivity contribution is -0.120. The first-order valence-corrected chi connectivity index (χ1v) is 8.73. The molecule has 118 valence electrons. The predicted octanol–water partition coefficient (Wildman–Crippen LogP) is 1.39. The third kappa shape index (κ3) is 5.29. The minimum atomic E-state index is -3.79. The monoisotopic (exact) mass is 377 g/mol. The Morgan fingerprint density at radius 1 is 1.38 bits per heavy atom. The molecular formula is C13H20BrN3O3S. The van der Waals surface area contributed by atoms with Gasteiger partial charge in [0.05, 0.1) is 11.4 Å². The first kappa shape index (κ1) is 17.9. The second-order valence-electron chi connectivity index (χ2n) is 5.14. The second kappa shape index (κ2) is 7.24. The van der Waals surface area contributed by atoms with Crippen molar-refractivity contribution in [2.24, 2.45) is 5.92 Å². The first-order valence-electron chi connectivity index (χ1n) is 6.45. The Bertz CT molecular complexity index is 630. The molecule has 1 aromatic carbocycles. The Hall–Kier alpha value is -1.12. The fraction of sp³-hybridized carbons (Fsp3) is 0.462. The van der Waals surface area contributed by atoms with Crippen molar-refractivity contribution in [1.29, 1.82) is 0 Å². The van der Waals surface area contributed by atoms with Gasteiger partial charge in [0.2, 0.25) is 15.9 Å². The van der Waals surface area contributed by atoms with E-state index in [-0.39, 0.29) is 17.3 Å². The molecule has 21 heavy (non-hydrogen) atoms. The maximum atomic E-state index is 12.2. The van der Waals surface area contributed by atoms with E-state index in [1.165, 1.54) is 6.07 Å². The molecule has 0 saturated carbocycles. The number of rotatable bonds is 6. The standard InChI is InChI=1S/C13H20BrN3O3S/c1-8(2)6-16-13(18)7-17-21(19,20)12-5-10(14)4-11(15)9(12)3/h4-5,8,17H,6-7,15H2,1-3H3,(H,16,18). The van der Waals surface area contributed by atoms with Crippen LogP contribution in [0.3, 0.4) is 0 Å². The molecule has 1 amide bonds. The number of hydrogen-bond acceptors (Lipinski definition) is 4. The topological polar surface area (TPSA) is 101 Å². The van der Waals surface area contributed by atoms with Crippen molar-refractivity contribution < 1.29 is 13.2 Å². The Balaban J connectivity index is 2.81. The van der Waals surface area contributed by atoms with Gasteiger partial charge in [-0.15, -0.1) is 0 Å². The van der Waals surface area contributed by atoms with Crippen LogP contribution in [0.4, 0.5) is 5.69 Å². The lowest BCUT2D eigenvalue weighted by atomic mass is 10.2. The summed E-state index contributed by atoms with van der Waals surface area (Å²) in [5.41, 5.74) is 6.58. The van der Waals surface area contributed by atoms with Gasteiger partial charge in [-0.2, -0.15) is 0 Å². The number of amides is 1. The van der Waals surface area contributed by atoms with Gasteiger partial charge in [-0.3, -0.25) is 4.79 Å². The molecule has 0 atom stereocenters. The summed E-state index contributed by atoms with van der Waals surface area (Å²) in [6, 6.07) is 3.09. The Morgan fingerprint density at radius 2 is 2.00 bits per heavy atom. The molecule has 1 rings (SSSR count). The van der Waals surface area contributed by atoms with E-state index in [0.717, 1.165) is 0 Å². The summed E-state index contributed by atoms with van der Waals surface area (Å²) in [6.07, 6.45) is 0. The van der Waals surface area contributed by atoms with Crippen LogP contribution in [0.5, 0.6) is 0 Å². The van der Waals surface area contributed by atoms with Gasteiger partial charge in [-0.1, -0.05) is 29.8 Å². The van der Waals surface area contributed by atoms with E-state index < -0.39 is 10.0 Å². The molecule has 0 aliphatic carbocycles. The third-order valence-corrected chi connectivity index (χ3v) is 4.77. The van der Waals surface area contributed by atoms with Crippen molar-refractivity contribution in [2.45, 2.75) is 25.7 Å². The molecule has 4 N–H and O–H groups in total. The van der Waals surface area contributed by atoms with Crippen molar-refractivity contribution in [2.75, 3.05) is 18.8 Å². The van der Waals surface area contributed by atoms with Gasteiger partial charge in [-0.25, -0.2) is 13.1 Å². The fourth-order valence-corrected chi connectivity index (χ4v) is 3.48. The summed E-state index contributed by atoms with van der Waals surface area (Å²) in [5, 5.41) is 2.64. The quantitative estimate of drug-likeness (QED) is 0.651. The lowest BCUT2D eigenvalue weighted by Gasteiger charge is -2.12. The molecule has 0 aliphatic heterocycles. The number of nitrogen functional groups attached to an aromatic ring is 1. The maximum Gasteiger partial charge on any atom is 0.241 e. The molecule has 0 spiro atoms. The van der Waals surface area contributed by atoms with E-state index in [1.54, 1.807) is 13.0 Å². The molecule has 1 aromatic rings. The van der Waals surface area contributed by atoms with Gasteiger partial charge in [0.1, 0.15) is 0 Å². The number of hydrogen-bond donors (Lipinski definition) is 3. The molecule has 6 nitrogen and oxygen atoms in total. The summed E-state index contributed by atoms with van der Waals surface area (Å²) in [5.74, 6) is -0.0643. The number of nitrogens with two attached hydrogens (primary N) is 1. The largest absolute Gasteiger partial charge is 0.398 e. The highest BCUT2D eigenvalue weighted by molar-refractivity contribution is 9.10. The highest BCUT2D eigenvalue weighted by Crippen LogP contribution is 2.25. The van der Waals surface area contributed by atoms with Crippen molar-refractivity contribution in [3.05, 3.63) is 22.2 Å². The smallest absolute Gasteiger partial charge is 0.241 e. The minimum Gasteiger partial charge on any atom is -0.398 e. The van der Waals surface area contributed by atoms with Crippen LogP contribution in [-0.4, -0.2) is 27.4 Å². The van der Waals surface area contributed by atoms with Gasteiger partial charge in [0.15, 0.2) is 0 Å². The van der Waals surface area contributed by atoms with Crippen LogP contribution in [0.15, 0.2) is 21.5 Å². The van der Waals surface area contributed by atoms with Crippen LogP contribution < -0.4 is 15.8 Å². The molecule has 0 radical (unpaired) electrons. The van der Waals surface area contributed by atoms with E-state index in [1.807, 2.05) is 13.8 Å². The minimum absolute atomic E-state index is 0.0611. The molecule has 0 fully saturated rings. The summed E-state index contributed by atoms with van der Waals surface area (Å²) in [4.78, 5) is 11.6. The highest BCUT2D eigenvalue weighted by atomic mass is 79.9. The summed E-state index contributed by atoms with van der Waals surface area (Å²) in [6.45, 7) is 5.73. The average Bonchev–Trinajstić information content (AvgIpc) is 2.38. The molecule has 0 bridgehead atoms. The predicted molar refractivity (Wildman–Crippen MR) is 86.3 cm³/mol. The van der Waals surface area contributed by atoms with Crippen LogP contribution in [0, 0.1) is 12.8 Å². The molecule has 0 unspecified atom stereocenters. The molecule has 8 heteroatoms. The third-order valence-electron chi connectivity index (χ3n) is 2.78. The number of anilines is 1. The SMILES string of the molecule is Cc1c(N)cc(Br)cc1S(=O)(=O)NCC(=O)NCC(C)C. The van der Waals surface area contributed by atoms with Gasteiger partial charge in [0, 0.05) is 16.7 Å². The molecule has 0 aliphatic rings.